The van der Waals surface area contributed by atoms with Crippen molar-refractivity contribution in [1.29, 1.82) is 0 Å². The summed E-state index contributed by atoms with van der Waals surface area (Å²) in [6, 6.07) is 3.55. The van der Waals surface area contributed by atoms with Crippen molar-refractivity contribution in [3.8, 4) is 11.5 Å². The number of aromatic hydroxyl groups is 1. The Labute approximate surface area is 91.0 Å². The van der Waals surface area contributed by atoms with Gasteiger partial charge in [-0.3, -0.25) is 0 Å². The fraction of sp³-hybridized carbons (Fsp3) is 0.333. The van der Waals surface area contributed by atoms with Crippen LogP contribution in [0.5, 0.6) is 11.5 Å². The standard InChI is InChI=1S/C9H12INO2/c1-5(11)6-3-7(10)9(12)8(4-6)13-2/h3-5,12H,11H2,1-2H3. The molecule has 4 heteroatoms. The second kappa shape index (κ2) is 4.15. The molecule has 0 aliphatic carbocycles. The van der Waals surface area contributed by atoms with E-state index in [1.165, 1.54) is 7.11 Å². The molecule has 0 saturated carbocycles. The summed E-state index contributed by atoms with van der Waals surface area (Å²) in [6.07, 6.45) is 0. The monoisotopic (exact) mass is 293 g/mol. The minimum atomic E-state index is -0.0528. The second-order valence-electron chi connectivity index (χ2n) is 2.84. The summed E-state index contributed by atoms with van der Waals surface area (Å²) in [4.78, 5) is 0. The number of ether oxygens (including phenoxy) is 1. The summed E-state index contributed by atoms with van der Waals surface area (Å²) in [5.74, 6) is 0.645. The summed E-state index contributed by atoms with van der Waals surface area (Å²) < 4.78 is 5.76. The molecule has 3 nitrogen and oxygen atoms in total. The van der Waals surface area contributed by atoms with E-state index in [0.29, 0.717) is 5.75 Å². The molecule has 0 amide bonds. The highest BCUT2D eigenvalue weighted by atomic mass is 127. The van der Waals surface area contributed by atoms with E-state index in [2.05, 4.69) is 0 Å². The Morgan fingerprint density at radius 2 is 2.15 bits per heavy atom. The summed E-state index contributed by atoms with van der Waals surface area (Å²) in [5.41, 5.74) is 6.67. The van der Waals surface area contributed by atoms with Crippen LogP contribution in [0.3, 0.4) is 0 Å². The number of phenolic OH excluding ortho intramolecular Hbond substituents is 1. The van der Waals surface area contributed by atoms with Crippen LogP contribution in [-0.4, -0.2) is 12.2 Å². The Kier molecular flexibility index (Phi) is 3.38. The summed E-state index contributed by atoms with van der Waals surface area (Å²) in [6.45, 7) is 1.89. The molecule has 3 N–H and O–H groups in total. The van der Waals surface area contributed by atoms with Gasteiger partial charge in [0, 0.05) is 6.04 Å². The molecule has 0 bridgehead atoms. The van der Waals surface area contributed by atoms with Crippen LogP contribution in [0.15, 0.2) is 12.1 Å². The van der Waals surface area contributed by atoms with E-state index in [0.717, 1.165) is 9.13 Å². The van der Waals surface area contributed by atoms with Gasteiger partial charge in [0.05, 0.1) is 10.7 Å². The zero-order chi connectivity index (χ0) is 10.0. The van der Waals surface area contributed by atoms with Gasteiger partial charge in [0.15, 0.2) is 11.5 Å². The van der Waals surface area contributed by atoms with Gasteiger partial charge in [0.1, 0.15) is 0 Å². The van der Waals surface area contributed by atoms with Crippen LogP contribution < -0.4 is 10.5 Å². The highest BCUT2D eigenvalue weighted by molar-refractivity contribution is 14.1. The van der Waals surface area contributed by atoms with Gasteiger partial charge in [-0.25, -0.2) is 0 Å². The van der Waals surface area contributed by atoms with Crippen LogP contribution in [-0.2, 0) is 0 Å². The molecule has 1 aromatic rings. The fourth-order valence-electron chi connectivity index (χ4n) is 1.01. The van der Waals surface area contributed by atoms with Crippen molar-refractivity contribution in [2.24, 2.45) is 5.73 Å². The summed E-state index contributed by atoms with van der Waals surface area (Å²) in [7, 11) is 1.52. The molecule has 0 saturated heterocycles. The van der Waals surface area contributed by atoms with Crippen LogP contribution in [0.2, 0.25) is 0 Å². The van der Waals surface area contributed by atoms with Gasteiger partial charge in [0.2, 0.25) is 0 Å². The zero-order valence-corrected chi connectivity index (χ0v) is 9.70. The minimum Gasteiger partial charge on any atom is -0.504 e. The van der Waals surface area contributed by atoms with Gasteiger partial charge in [-0.15, -0.1) is 0 Å². The van der Waals surface area contributed by atoms with Crippen molar-refractivity contribution in [2.45, 2.75) is 13.0 Å². The molecule has 0 aliphatic rings. The van der Waals surface area contributed by atoms with Gasteiger partial charge < -0.3 is 15.6 Å². The average molecular weight is 293 g/mol. The quantitative estimate of drug-likeness (QED) is 0.820. The lowest BCUT2D eigenvalue weighted by atomic mass is 10.1. The Bertz CT molecular complexity index is 313. The molecule has 72 valence electrons. The molecule has 13 heavy (non-hydrogen) atoms. The predicted molar refractivity (Wildman–Crippen MR) is 60.0 cm³/mol. The lowest BCUT2D eigenvalue weighted by Crippen LogP contribution is -2.05. The van der Waals surface area contributed by atoms with Crippen LogP contribution >= 0.6 is 22.6 Å². The van der Waals surface area contributed by atoms with Crippen molar-refractivity contribution in [1.82, 2.24) is 0 Å². The second-order valence-corrected chi connectivity index (χ2v) is 4.00. The first-order valence-corrected chi connectivity index (χ1v) is 4.96. The highest BCUT2D eigenvalue weighted by Crippen LogP contribution is 2.33. The van der Waals surface area contributed by atoms with Gasteiger partial charge in [-0.05, 0) is 47.2 Å². The number of rotatable bonds is 2. The Balaban J connectivity index is 3.22. The van der Waals surface area contributed by atoms with Crippen molar-refractivity contribution >= 4 is 22.6 Å². The SMILES string of the molecule is COc1cc(C(C)N)cc(I)c1O. The molecule has 0 aromatic heterocycles. The maximum atomic E-state index is 9.53. The topological polar surface area (TPSA) is 55.5 Å². The van der Waals surface area contributed by atoms with Crippen molar-refractivity contribution in [3.05, 3.63) is 21.3 Å². The average Bonchev–Trinajstić information content (AvgIpc) is 2.09. The van der Waals surface area contributed by atoms with Crippen molar-refractivity contribution < 1.29 is 9.84 Å². The first kappa shape index (κ1) is 10.6. The lowest BCUT2D eigenvalue weighted by Gasteiger charge is -2.10. The van der Waals surface area contributed by atoms with E-state index < -0.39 is 0 Å². The first-order chi connectivity index (χ1) is 6.06. The number of methoxy groups -OCH3 is 1. The van der Waals surface area contributed by atoms with Gasteiger partial charge in [0.25, 0.3) is 0 Å². The molecule has 1 atom stereocenters. The first-order valence-electron chi connectivity index (χ1n) is 3.88. The van der Waals surface area contributed by atoms with Gasteiger partial charge in [-0.2, -0.15) is 0 Å². The van der Waals surface area contributed by atoms with Crippen LogP contribution in [0.1, 0.15) is 18.5 Å². The van der Waals surface area contributed by atoms with Crippen LogP contribution in [0.25, 0.3) is 0 Å². The number of nitrogens with two attached hydrogens (primary N) is 1. The third-order valence-corrected chi connectivity index (χ3v) is 2.62. The molecule has 0 heterocycles. The maximum Gasteiger partial charge on any atom is 0.171 e. The molecule has 1 aromatic carbocycles. The molecule has 0 spiro atoms. The zero-order valence-electron chi connectivity index (χ0n) is 7.54. The smallest absolute Gasteiger partial charge is 0.171 e. The summed E-state index contributed by atoms with van der Waals surface area (Å²) >= 11 is 2.05. The van der Waals surface area contributed by atoms with Crippen LogP contribution in [0, 0.1) is 3.57 Å². The Hall–Kier alpha value is -0.490. The Morgan fingerprint density at radius 3 is 2.62 bits per heavy atom. The van der Waals surface area contributed by atoms with E-state index in [1.807, 2.05) is 35.6 Å². The molecule has 0 aliphatic heterocycles. The third-order valence-electron chi connectivity index (χ3n) is 1.80. The molecular weight excluding hydrogens is 281 g/mol. The highest BCUT2D eigenvalue weighted by Gasteiger charge is 2.10. The molecule has 1 rings (SSSR count). The predicted octanol–water partition coefficient (Wildman–Crippen LogP) is 2.03. The number of benzene rings is 1. The van der Waals surface area contributed by atoms with E-state index in [1.54, 1.807) is 6.07 Å². The number of phenols is 1. The third kappa shape index (κ3) is 2.25. The minimum absolute atomic E-state index is 0.0528. The van der Waals surface area contributed by atoms with Crippen LogP contribution in [0.4, 0.5) is 0 Å². The van der Waals surface area contributed by atoms with Crippen molar-refractivity contribution in [3.63, 3.8) is 0 Å². The van der Waals surface area contributed by atoms with E-state index in [-0.39, 0.29) is 11.8 Å². The van der Waals surface area contributed by atoms with Crippen molar-refractivity contribution in [2.75, 3.05) is 7.11 Å². The Morgan fingerprint density at radius 1 is 1.54 bits per heavy atom. The molecule has 0 radical (unpaired) electrons. The largest absolute Gasteiger partial charge is 0.504 e. The molecular formula is C9H12INO2. The number of hydrogen-bond acceptors (Lipinski definition) is 3. The van der Waals surface area contributed by atoms with Gasteiger partial charge >= 0.3 is 0 Å². The lowest BCUT2D eigenvalue weighted by molar-refractivity contribution is 0.371. The van der Waals surface area contributed by atoms with Gasteiger partial charge in [-0.1, -0.05) is 0 Å². The van der Waals surface area contributed by atoms with E-state index in [9.17, 15) is 5.11 Å². The number of halogens is 1. The molecule has 1 unspecified atom stereocenters. The fourth-order valence-corrected chi connectivity index (χ4v) is 1.64. The molecule has 0 fully saturated rings. The normalized spacial score (nSPS) is 12.6. The maximum absolute atomic E-state index is 9.53. The van der Waals surface area contributed by atoms with E-state index in [4.69, 9.17) is 10.5 Å². The number of hydrogen-bond donors (Lipinski definition) is 2. The summed E-state index contributed by atoms with van der Waals surface area (Å²) in [5, 5.41) is 9.53. The van der Waals surface area contributed by atoms with E-state index >= 15 is 0 Å².